The Labute approximate surface area is 215 Å². The topological polar surface area (TPSA) is 103 Å². The van der Waals surface area contributed by atoms with Gasteiger partial charge in [0, 0.05) is 49.3 Å². The van der Waals surface area contributed by atoms with Gasteiger partial charge in [0.1, 0.15) is 5.75 Å². The van der Waals surface area contributed by atoms with Crippen molar-refractivity contribution in [2.24, 2.45) is 0 Å². The fourth-order valence-electron chi connectivity index (χ4n) is 4.57. The Hall–Kier alpha value is -4.60. The molecule has 37 heavy (non-hydrogen) atoms. The Kier molecular flexibility index (Phi) is 6.63. The Balaban J connectivity index is 1.47. The lowest BCUT2D eigenvalue weighted by atomic mass is 10.2. The number of anilines is 6. The van der Waals surface area contributed by atoms with E-state index >= 15 is 0 Å². The van der Waals surface area contributed by atoms with Crippen molar-refractivity contribution in [3.63, 3.8) is 0 Å². The summed E-state index contributed by atoms with van der Waals surface area (Å²) in [7, 11) is 3.36. The molecule has 5 rings (SSSR count). The number of fused-ring (bicyclic) bond motifs is 1. The van der Waals surface area contributed by atoms with Crippen LogP contribution in [-0.2, 0) is 11.3 Å². The molecule has 0 aliphatic carbocycles. The van der Waals surface area contributed by atoms with Crippen LogP contribution in [0.5, 0.6) is 5.75 Å². The van der Waals surface area contributed by atoms with Crippen molar-refractivity contribution in [1.29, 1.82) is 0 Å². The number of nitrogens with one attached hydrogen (secondary N) is 2. The summed E-state index contributed by atoms with van der Waals surface area (Å²) < 4.78 is 5.65. The Bertz CT molecular complexity index is 1350. The second kappa shape index (κ2) is 10.2. The lowest BCUT2D eigenvalue weighted by Crippen LogP contribution is -2.43. The molecule has 0 unspecified atom stereocenters. The number of nitrogens with zero attached hydrogens (tertiary/aromatic N) is 5. The molecule has 0 atom stereocenters. The molecular formula is C27H29N7O3. The highest BCUT2D eigenvalue weighted by atomic mass is 16.5. The second-order valence-electron chi connectivity index (χ2n) is 8.96. The average molecular weight is 500 g/mol. The van der Waals surface area contributed by atoms with E-state index in [1.165, 1.54) is 23.8 Å². The summed E-state index contributed by atoms with van der Waals surface area (Å²) in [5.74, 6) is 1.16. The maximum Gasteiger partial charge on any atom is 0.330 e. The summed E-state index contributed by atoms with van der Waals surface area (Å²) in [6, 6.07) is 12.8. The quantitative estimate of drug-likeness (QED) is 0.456. The fraction of sp³-hybridized carbons (Fsp3) is 0.259. The zero-order valence-corrected chi connectivity index (χ0v) is 20.9. The molecule has 2 aromatic carbocycles. The third-order valence-electron chi connectivity index (χ3n) is 6.44. The largest absolute Gasteiger partial charge is 0.494 e. The van der Waals surface area contributed by atoms with Crippen molar-refractivity contribution >= 4 is 46.5 Å². The molecule has 2 N–H and O–H groups in total. The number of methoxy groups -OCH3 is 1. The number of benzene rings is 2. The lowest BCUT2D eigenvalue weighted by molar-refractivity contribution is -0.111. The van der Waals surface area contributed by atoms with E-state index in [0.29, 0.717) is 35.4 Å². The van der Waals surface area contributed by atoms with E-state index in [1.807, 2.05) is 12.1 Å². The zero-order chi connectivity index (χ0) is 25.9. The summed E-state index contributed by atoms with van der Waals surface area (Å²) in [5.41, 5.74) is 3.75. The molecule has 3 amide bonds. The van der Waals surface area contributed by atoms with Crippen LogP contribution in [0.25, 0.3) is 0 Å². The van der Waals surface area contributed by atoms with Crippen LogP contribution in [0, 0.1) is 0 Å². The number of hydrogen-bond acceptors (Lipinski definition) is 7. The predicted octanol–water partition coefficient (Wildman–Crippen LogP) is 4.66. The SMILES string of the molecule is C=CC(=O)Nc1cccc(N2C(=O)N(C)Cc3cnc(Nc4ccc(N5CCCC5)cc4OC)nc32)c1. The van der Waals surface area contributed by atoms with Crippen molar-refractivity contribution in [3.05, 3.63) is 66.9 Å². The standard InChI is InChI=1S/C27H29N7O3/c1-4-24(35)29-19-8-7-9-21(14-19)34-25-18(17-32(2)27(34)36)16-28-26(31-25)30-22-11-10-20(15-23(22)37-3)33-12-5-6-13-33/h4,7-11,14-16H,1,5-6,12-13,17H2,2-3H3,(H,29,35)(H,28,30,31). The second-order valence-corrected chi connectivity index (χ2v) is 8.96. The van der Waals surface area contributed by atoms with Gasteiger partial charge in [-0.05, 0) is 49.2 Å². The molecule has 0 saturated carbocycles. The maximum absolute atomic E-state index is 13.3. The molecule has 0 radical (unpaired) electrons. The minimum Gasteiger partial charge on any atom is -0.494 e. The minimum atomic E-state index is -0.335. The van der Waals surface area contributed by atoms with Crippen molar-refractivity contribution in [2.75, 3.05) is 47.7 Å². The van der Waals surface area contributed by atoms with E-state index in [1.54, 1.807) is 49.5 Å². The first-order valence-electron chi connectivity index (χ1n) is 12.1. The molecule has 2 aliphatic rings. The first kappa shape index (κ1) is 24.1. The highest BCUT2D eigenvalue weighted by Crippen LogP contribution is 2.36. The van der Waals surface area contributed by atoms with Gasteiger partial charge in [0.15, 0.2) is 5.82 Å². The summed E-state index contributed by atoms with van der Waals surface area (Å²) >= 11 is 0. The number of ether oxygens (including phenoxy) is 1. The first-order valence-corrected chi connectivity index (χ1v) is 12.1. The van der Waals surface area contributed by atoms with Crippen LogP contribution >= 0.6 is 0 Å². The molecule has 3 heterocycles. The monoisotopic (exact) mass is 499 g/mol. The van der Waals surface area contributed by atoms with Crippen LogP contribution in [0.2, 0.25) is 0 Å². The lowest BCUT2D eigenvalue weighted by Gasteiger charge is -2.34. The van der Waals surface area contributed by atoms with Gasteiger partial charge >= 0.3 is 6.03 Å². The van der Waals surface area contributed by atoms with E-state index in [0.717, 1.165) is 30.0 Å². The van der Waals surface area contributed by atoms with Crippen LogP contribution in [-0.4, -0.2) is 54.1 Å². The highest BCUT2D eigenvalue weighted by molar-refractivity contribution is 6.03. The molecule has 1 aromatic heterocycles. The number of urea groups is 1. The Morgan fingerprint density at radius 1 is 1.14 bits per heavy atom. The van der Waals surface area contributed by atoms with Crippen molar-refractivity contribution < 1.29 is 14.3 Å². The van der Waals surface area contributed by atoms with E-state index in [-0.39, 0.29) is 11.9 Å². The van der Waals surface area contributed by atoms with E-state index in [9.17, 15) is 9.59 Å². The molecular weight excluding hydrogens is 470 g/mol. The number of carbonyl (C=O) groups is 2. The summed E-state index contributed by atoms with van der Waals surface area (Å²) in [6.45, 7) is 5.95. The van der Waals surface area contributed by atoms with Gasteiger partial charge in [-0.15, -0.1) is 0 Å². The fourth-order valence-corrected chi connectivity index (χ4v) is 4.57. The van der Waals surface area contributed by atoms with Gasteiger partial charge in [-0.1, -0.05) is 12.6 Å². The molecule has 2 aliphatic heterocycles. The molecule has 0 bridgehead atoms. The van der Waals surface area contributed by atoms with E-state index in [4.69, 9.17) is 9.72 Å². The van der Waals surface area contributed by atoms with Crippen LogP contribution in [0.3, 0.4) is 0 Å². The Morgan fingerprint density at radius 3 is 2.70 bits per heavy atom. The van der Waals surface area contributed by atoms with Gasteiger partial charge in [0.2, 0.25) is 11.9 Å². The summed E-state index contributed by atoms with van der Waals surface area (Å²) in [5, 5.41) is 5.98. The predicted molar refractivity (Wildman–Crippen MR) is 144 cm³/mol. The van der Waals surface area contributed by atoms with Gasteiger partial charge in [-0.25, -0.2) is 14.7 Å². The summed E-state index contributed by atoms with van der Waals surface area (Å²) in [6.07, 6.45) is 5.30. The van der Waals surface area contributed by atoms with E-state index in [2.05, 4.69) is 33.2 Å². The van der Waals surface area contributed by atoms with Crippen molar-refractivity contribution in [1.82, 2.24) is 14.9 Å². The molecule has 10 nitrogen and oxygen atoms in total. The number of aromatic nitrogens is 2. The Morgan fingerprint density at radius 2 is 1.95 bits per heavy atom. The van der Waals surface area contributed by atoms with Gasteiger partial charge < -0.3 is 25.2 Å². The normalized spacial score (nSPS) is 14.9. The van der Waals surface area contributed by atoms with Gasteiger partial charge in [0.25, 0.3) is 0 Å². The average Bonchev–Trinajstić information content (AvgIpc) is 3.45. The van der Waals surface area contributed by atoms with Gasteiger partial charge in [-0.2, -0.15) is 4.98 Å². The third-order valence-corrected chi connectivity index (χ3v) is 6.44. The highest BCUT2D eigenvalue weighted by Gasteiger charge is 2.31. The smallest absolute Gasteiger partial charge is 0.330 e. The maximum atomic E-state index is 13.3. The molecule has 190 valence electrons. The van der Waals surface area contributed by atoms with Crippen molar-refractivity contribution in [3.8, 4) is 5.75 Å². The number of hydrogen-bond donors (Lipinski definition) is 2. The molecule has 1 saturated heterocycles. The summed E-state index contributed by atoms with van der Waals surface area (Å²) in [4.78, 5) is 39.7. The van der Waals surface area contributed by atoms with E-state index < -0.39 is 0 Å². The molecule has 1 fully saturated rings. The third kappa shape index (κ3) is 4.90. The molecule has 10 heteroatoms. The molecule has 0 spiro atoms. The zero-order valence-electron chi connectivity index (χ0n) is 20.9. The number of rotatable bonds is 7. The number of carbonyl (C=O) groups excluding carboxylic acids is 2. The van der Waals surface area contributed by atoms with Crippen LogP contribution in [0.1, 0.15) is 18.4 Å². The van der Waals surface area contributed by atoms with Gasteiger partial charge in [0.05, 0.1) is 25.0 Å². The van der Waals surface area contributed by atoms with Crippen LogP contribution in [0.15, 0.2) is 61.3 Å². The first-order chi connectivity index (χ1) is 18.0. The molecule has 3 aromatic rings. The number of amides is 3. The van der Waals surface area contributed by atoms with Gasteiger partial charge in [-0.3, -0.25) is 4.79 Å². The van der Waals surface area contributed by atoms with Crippen molar-refractivity contribution in [2.45, 2.75) is 19.4 Å². The van der Waals surface area contributed by atoms with Crippen LogP contribution < -0.4 is 25.2 Å². The minimum absolute atomic E-state index is 0.239. The van der Waals surface area contributed by atoms with Crippen LogP contribution in [0.4, 0.5) is 39.3 Å².